The van der Waals surface area contributed by atoms with Crippen molar-refractivity contribution in [3.63, 3.8) is 0 Å². The van der Waals surface area contributed by atoms with Crippen molar-refractivity contribution in [3.8, 4) is 10.4 Å². The van der Waals surface area contributed by atoms with Crippen LogP contribution in [0.2, 0.25) is 5.02 Å². The minimum atomic E-state index is -3.85. The Balaban J connectivity index is 1.82. The smallest absolute Gasteiger partial charge is 0.303 e. The van der Waals surface area contributed by atoms with Gasteiger partial charge in [0.1, 0.15) is 4.21 Å². The molecule has 0 atom stereocenters. The number of thiophene rings is 1. The summed E-state index contributed by atoms with van der Waals surface area (Å²) >= 11 is 7.22. The van der Waals surface area contributed by atoms with E-state index in [1.165, 1.54) is 16.4 Å². The topological polar surface area (TPSA) is 89.5 Å². The van der Waals surface area contributed by atoms with Crippen LogP contribution < -0.4 is 0 Å². The highest BCUT2D eigenvalue weighted by atomic mass is 35.5. The van der Waals surface area contributed by atoms with E-state index in [0.717, 1.165) is 21.8 Å². The molecule has 0 saturated heterocycles. The van der Waals surface area contributed by atoms with Gasteiger partial charge >= 0.3 is 5.97 Å². The molecule has 28 heavy (non-hydrogen) atoms. The number of carboxylic acids is 1. The molecule has 1 N–H and O–H groups in total. The Morgan fingerprint density at radius 1 is 1.21 bits per heavy atom. The molecule has 0 saturated carbocycles. The molecular weight excluding hydrogens is 422 g/mol. The highest BCUT2D eigenvalue weighted by Crippen LogP contribution is 2.34. The highest BCUT2D eigenvalue weighted by molar-refractivity contribution is 7.92. The summed E-state index contributed by atoms with van der Waals surface area (Å²) in [5.74, 6) is -0.950. The SMILES string of the molecule is O=C(O)CCc1cn(S(=O)(=O)c2ccc(-c3ccoc3)s2)c2ccc(Cl)cc12. The fraction of sp³-hybridized carbons (Fsp3) is 0.105. The molecule has 0 radical (unpaired) electrons. The molecule has 9 heteroatoms. The first kappa shape index (κ1) is 18.8. The molecule has 6 nitrogen and oxygen atoms in total. The van der Waals surface area contributed by atoms with Crippen LogP contribution in [0.4, 0.5) is 0 Å². The second-order valence-corrected chi connectivity index (χ2v) is 9.70. The van der Waals surface area contributed by atoms with Crippen LogP contribution in [-0.2, 0) is 21.2 Å². The van der Waals surface area contributed by atoms with Gasteiger partial charge in [0, 0.05) is 33.5 Å². The number of carboxylic acid groups (broad SMARTS) is 1. The first-order valence-electron chi connectivity index (χ1n) is 8.25. The summed E-state index contributed by atoms with van der Waals surface area (Å²) in [4.78, 5) is 11.7. The summed E-state index contributed by atoms with van der Waals surface area (Å²) in [6.07, 6.45) is 4.67. The van der Waals surface area contributed by atoms with E-state index in [-0.39, 0.29) is 17.1 Å². The molecule has 0 unspecified atom stereocenters. The lowest BCUT2D eigenvalue weighted by Gasteiger charge is -2.05. The zero-order valence-corrected chi connectivity index (χ0v) is 16.7. The van der Waals surface area contributed by atoms with Crippen molar-refractivity contribution in [2.24, 2.45) is 0 Å². The maximum Gasteiger partial charge on any atom is 0.303 e. The second-order valence-electron chi connectivity index (χ2n) is 6.14. The van der Waals surface area contributed by atoms with Gasteiger partial charge < -0.3 is 9.52 Å². The normalized spacial score (nSPS) is 11.9. The Morgan fingerprint density at radius 3 is 2.75 bits per heavy atom. The number of carbonyl (C=O) groups is 1. The molecule has 0 spiro atoms. The van der Waals surface area contributed by atoms with Gasteiger partial charge in [-0.1, -0.05) is 11.6 Å². The van der Waals surface area contributed by atoms with Gasteiger partial charge in [-0.05, 0) is 48.4 Å². The minimum absolute atomic E-state index is 0.102. The first-order valence-corrected chi connectivity index (χ1v) is 10.9. The number of furan rings is 1. The molecule has 3 aromatic heterocycles. The fourth-order valence-corrected chi connectivity index (χ4v) is 5.94. The highest BCUT2D eigenvalue weighted by Gasteiger charge is 2.24. The van der Waals surface area contributed by atoms with E-state index in [9.17, 15) is 13.2 Å². The van der Waals surface area contributed by atoms with E-state index in [2.05, 4.69) is 0 Å². The largest absolute Gasteiger partial charge is 0.481 e. The molecule has 0 amide bonds. The van der Waals surface area contributed by atoms with E-state index in [1.807, 2.05) is 0 Å². The molecule has 0 bridgehead atoms. The molecular formula is C19H14ClNO5S2. The van der Waals surface area contributed by atoms with Crippen molar-refractivity contribution in [2.45, 2.75) is 17.1 Å². The van der Waals surface area contributed by atoms with Crippen LogP contribution in [0, 0.1) is 0 Å². The second kappa shape index (κ2) is 7.12. The standard InChI is InChI=1S/C19H14ClNO5S2/c20-14-2-3-16-15(9-14)12(1-5-18(22)23)10-21(16)28(24,25)19-6-4-17(27-19)13-7-8-26-11-13/h2-4,6-11H,1,5H2,(H,22,23). The molecule has 4 rings (SSSR count). The predicted octanol–water partition coefficient (Wildman–Crippen LogP) is 4.87. The number of benzene rings is 1. The van der Waals surface area contributed by atoms with Crippen LogP contribution in [0.5, 0.6) is 0 Å². The number of fused-ring (bicyclic) bond motifs is 1. The predicted molar refractivity (Wildman–Crippen MR) is 108 cm³/mol. The number of hydrogen-bond donors (Lipinski definition) is 1. The first-order chi connectivity index (χ1) is 13.4. The Labute approximate surface area is 169 Å². The molecule has 0 aliphatic carbocycles. The minimum Gasteiger partial charge on any atom is -0.481 e. The van der Waals surface area contributed by atoms with Gasteiger partial charge in [-0.3, -0.25) is 4.79 Å². The van der Waals surface area contributed by atoms with Crippen molar-refractivity contribution in [2.75, 3.05) is 0 Å². The monoisotopic (exact) mass is 435 g/mol. The zero-order chi connectivity index (χ0) is 19.9. The molecule has 144 valence electrons. The third kappa shape index (κ3) is 3.34. The Hall–Kier alpha value is -2.55. The molecule has 3 heterocycles. The molecule has 4 aromatic rings. The average Bonchev–Trinajstić information content (AvgIpc) is 3.38. The van der Waals surface area contributed by atoms with Crippen molar-refractivity contribution in [1.82, 2.24) is 3.97 Å². The number of aliphatic carboxylic acids is 1. The summed E-state index contributed by atoms with van der Waals surface area (Å²) < 4.78 is 33.0. The zero-order valence-electron chi connectivity index (χ0n) is 14.3. The Kier molecular flexibility index (Phi) is 4.78. The maximum absolute atomic E-state index is 13.3. The quantitative estimate of drug-likeness (QED) is 0.466. The number of aryl methyl sites for hydroxylation is 1. The van der Waals surface area contributed by atoms with Crippen LogP contribution in [-0.4, -0.2) is 23.5 Å². The van der Waals surface area contributed by atoms with Gasteiger partial charge in [-0.2, -0.15) is 8.42 Å². The van der Waals surface area contributed by atoms with Crippen LogP contribution in [0.1, 0.15) is 12.0 Å². The van der Waals surface area contributed by atoms with Crippen LogP contribution >= 0.6 is 22.9 Å². The van der Waals surface area contributed by atoms with Crippen molar-refractivity contribution < 1.29 is 22.7 Å². The van der Waals surface area contributed by atoms with Crippen LogP contribution in [0.3, 0.4) is 0 Å². The Morgan fingerprint density at radius 2 is 2.04 bits per heavy atom. The van der Waals surface area contributed by atoms with Gasteiger partial charge in [-0.25, -0.2) is 3.97 Å². The lowest BCUT2D eigenvalue weighted by molar-refractivity contribution is -0.136. The van der Waals surface area contributed by atoms with E-state index in [1.54, 1.807) is 42.7 Å². The van der Waals surface area contributed by atoms with Gasteiger partial charge in [0.15, 0.2) is 0 Å². The van der Waals surface area contributed by atoms with Gasteiger partial charge in [-0.15, -0.1) is 11.3 Å². The maximum atomic E-state index is 13.3. The number of nitrogens with zero attached hydrogens (tertiary/aromatic N) is 1. The van der Waals surface area contributed by atoms with Gasteiger partial charge in [0.25, 0.3) is 10.0 Å². The molecule has 0 aliphatic heterocycles. The van der Waals surface area contributed by atoms with E-state index >= 15 is 0 Å². The molecule has 1 aromatic carbocycles. The number of rotatable bonds is 6. The van der Waals surface area contributed by atoms with Crippen LogP contribution in [0.25, 0.3) is 21.3 Å². The summed E-state index contributed by atoms with van der Waals surface area (Å²) in [6, 6.07) is 9.95. The Bertz CT molecular complexity index is 1270. The lowest BCUT2D eigenvalue weighted by atomic mass is 10.1. The van der Waals surface area contributed by atoms with E-state index in [4.69, 9.17) is 21.1 Å². The number of hydrogen-bond acceptors (Lipinski definition) is 5. The third-order valence-corrected chi connectivity index (χ3v) is 7.83. The molecule has 0 aliphatic rings. The van der Waals surface area contributed by atoms with Crippen molar-refractivity contribution in [3.05, 3.63) is 65.7 Å². The number of halogens is 1. The lowest BCUT2D eigenvalue weighted by Crippen LogP contribution is -2.10. The fourth-order valence-electron chi connectivity index (χ4n) is 2.99. The summed E-state index contributed by atoms with van der Waals surface area (Å²) in [5.41, 5.74) is 1.89. The van der Waals surface area contributed by atoms with Crippen molar-refractivity contribution in [1.29, 1.82) is 0 Å². The number of aromatic nitrogens is 1. The average molecular weight is 436 g/mol. The summed E-state index contributed by atoms with van der Waals surface area (Å²) in [7, 11) is -3.85. The third-order valence-electron chi connectivity index (χ3n) is 4.32. The molecule has 0 fully saturated rings. The summed E-state index contributed by atoms with van der Waals surface area (Å²) in [6.45, 7) is 0. The summed E-state index contributed by atoms with van der Waals surface area (Å²) in [5, 5.41) is 10.1. The van der Waals surface area contributed by atoms with E-state index < -0.39 is 16.0 Å². The van der Waals surface area contributed by atoms with Crippen LogP contribution in [0.15, 0.2) is 63.7 Å². The van der Waals surface area contributed by atoms with Crippen molar-refractivity contribution >= 4 is 49.8 Å². The van der Waals surface area contributed by atoms with Gasteiger partial charge in [0.05, 0.1) is 18.0 Å². The van der Waals surface area contributed by atoms with E-state index in [0.29, 0.717) is 21.5 Å². The van der Waals surface area contributed by atoms with Gasteiger partial charge in [0.2, 0.25) is 0 Å².